The van der Waals surface area contributed by atoms with E-state index in [0.29, 0.717) is 0 Å². The van der Waals surface area contributed by atoms with Gasteiger partial charge >= 0.3 is 0 Å². The lowest BCUT2D eigenvalue weighted by Gasteiger charge is -2.34. The van der Waals surface area contributed by atoms with Crippen LogP contribution in [0, 0.1) is 11.8 Å². The van der Waals surface area contributed by atoms with Gasteiger partial charge in [-0.05, 0) is 70.1 Å². The molecule has 84 valence electrons. The van der Waals surface area contributed by atoms with Crippen LogP contribution in [0.2, 0.25) is 0 Å². The highest BCUT2D eigenvalue weighted by Gasteiger charge is 2.26. The summed E-state index contributed by atoms with van der Waals surface area (Å²) < 4.78 is 0. The van der Waals surface area contributed by atoms with Gasteiger partial charge < -0.3 is 0 Å². The third kappa shape index (κ3) is 2.74. The van der Waals surface area contributed by atoms with Crippen molar-refractivity contribution in [1.82, 2.24) is 0 Å². The fraction of sp³-hybridized carbons (Fsp3) is 0.733. The van der Waals surface area contributed by atoms with Crippen LogP contribution in [0.3, 0.4) is 0 Å². The highest BCUT2D eigenvalue weighted by atomic mass is 14.3. The second-order valence-electron chi connectivity index (χ2n) is 5.37. The van der Waals surface area contributed by atoms with Gasteiger partial charge in [-0.25, -0.2) is 0 Å². The molecule has 2 aliphatic carbocycles. The predicted octanol–water partition coefficient (Wildman–Crippen LogP) is 4.87. The van der Waals surface area contributed by atoms with Crippen LogP contribution < -0.4 is 0 Å². The van der Waals surface area contributed by atoms with E-state index in [2.05, 4.69) is 19.6 Å². The van der Waals surface area contributed by atoms with Crippen LogP contribution in [0.15, 0.2) is 23.8 Å². The molecule has 0 N–H and O–H groups in total. The van der Waals surface area contributed by atoms with Gasteiger partial charge in [0.1, 0.15) is 0 Å². The fourth-order valence-corrected chi connectivity index (χ4v) is 3.29. The summed E-state index contributed by atoms with van der Waals surface area (Å²) in [7, 11) is 0. The Balaban J connectivity index is 1.83. The molecule has 2 saturated carbocycles. The number of hydrogen-bond acceptors (Lipinski definition) is 0. The van der Waals surface area contributed by atoms with Gasteiger partial charge in [-0.3, -0.25) is 0 Å². The zero-order valence-corrected chi connectivity index (χ0v) is 10.1. The van der Waals surface area contributed by atoms with E-state index in [9.17, 15) is 0 Å². The first kappa shape index (κ1) is 11.0. The minimum atomic E-state index is 1.02. The molecular weight excluding hydrogens is 180 g/mol. The molecule has 0 unspecified atom stereocenters. The van der Waals surface area contributed by atoms with E-state index in [-0.39, 0.29) is 0 Å². The van der Waals surface area contributed by atoms with E-state index in [0.717, 1.165) is 11.8 Å². The molecule has 0 heterocycles. The molecule has 0 aliphatic heterocycles. The first-order valence-corrected chi connectivity index (χ1v) is 6.60. The van der Waals surface area contributed by atoms with Crippen molar-refractivity contribution in [2.24, 2.45) is 11.8 Å². The summed E-state index contributed by atoms with van der Waals surface area (Å²) in [6, 6.07) is 0. The lowest BCUT2D eigenvalue weighted by atomic mass is 9.72. The average molecular weight is 204 g/mol. The van der Waals surface area contributed by atoms with Crippen molar-refractivity contribution < 1.29 is 0 Å². The van der Waals surface area contributed by atoms with E-state index in [1.165, 1.54) is 56.9 Å². The highest BCUT2D eigenvalue weighted by Crippen LogP contribution is 2.40. The summed E-state index contributed by atoms with van der Waals surface area (Å²) in [5.41, 5.74) is 3.20. The summed E-state index contributed by atoms with van der Waals surface area (Å²) in [4.78, 5) is 0. The van der Waals surface area contributed by atoms with Crippen LogP contribution in [-0.4, -0.2) is 0 Å². The maximum absolute atomic E-state index is 4.11. The minimum Gasteiger partial charge on any atom is -0.0999 e. The standard InChI is InChI=1S/C15H24/c1-3-13-6-10-15(11-7-13)14-8-4-12(2)5-9-14/h3,14-15H,2,4-11H2,1H3. The molecular formula is C15H24. The summed E-state index contributed by atoms with van der Waals surface area (Å²) in [5, 5.41) is 0. The van der Waals surface area contributed by atoms with Crippen LogP contribution in [0.5, 0.6) is 0 Å². The third-order valence-electron chi connectivity index (χ3n) is 4.48. The Morgan fingerprint density at radius 3 is 1.87 bits per heavy atom. The molecule has 0 aromatic heterocycles. The molecule has 2 rings (SSSR count). The number of hydrogen-bond donors (Lipinski definition) is 0. The van der Waals surface area contributed by atoms with Gasteiger partial charge in [0.25, 0.3) is 0 Å². The van der Waals surface area contributed by atoms with Crippen molar-refractivity contribution in [2.45, 2.75) is 58.3 Å². The van der Waals surface area contributed by atoms with Crippen LogP contribution in [0.1, 0.15) is 58.3 Å². The van der Waals surface area contributed by atoms with Crippen molar-refractivity contribution in [3.05, 3.63) is 23.8 Å². The van der Waals surface area contributed by atoms with Gasteiger partial charge in [0, 0.05) is 0 Å². The van der Waals surface area contributed by atoms with Crippen molar-refractivity contribution >= 4 is 0 Å². The van der Waals surface area contributed by atoms with E-state index >= 15 is 0 Å². The zero-order valence-electron chi connectivity index (χ0n) is 10.1. The summed E-state index contributed by atoms with van der Waals surface area (Å²) in [5.74, 6) is 2.05. The molecule has 0 amide bonds. The molecule has 2 fully saturated rings. The van der Waals surface area contributed by atoms with Crippen LogP contribution in [0.4, 0.5) is 0 Å². The highest BCUT2D eigenvalue weighted by molar-refractivity contribution is 5.05. The summed E-state index contributed by atoms with van der Waals surface area (Å²) >= 11 is 0. The predicted molar refractivity (Wildman–Crippen MR) is 66.8 cm³/mol. The Morgan fingerprint density at radius 2 is 1.40 bits per heavy atom. The zero-order chi connectivity index (χ0) is 10.7. The third-order valence-corrected chi connectivity index (χ3v) is 4.48. The maximum Gasteiger partial charge on any atom is -0.0318 e. The van der Waals surface area contributed by atoms with Gasteiger partial charge in [-0.1, -0.05) is 23.8 Å². The van der Waals surface area contributed by atoms with Crippen molar-refractivity contribution in [2.75, 3.05) is 0 Å². The fourth-order valence-electron chi connectivity index (χ4n) is 3.29. The van der Waals surface area contributed by atoms with Crippen LogP contribution >= 0.6 is 0 Å². The minimum absolute atomic E-state index is 1.02. The van der Waals surface area contributed by atoms with Gasteiger partial charge in [-0.2, -0.15) is 0 Å². The van der Waals surface area contributed by atoms with Crippen molar-refractivity contribution in [3.8, 4) is 0 Å². The van der Waals surface area contributed by atoms with Gasteiger partial charge in [0.15, 0.2) is 0 Å². The second kappa shape index (κ2) is 5.01. The molecule has 0 nitrogen and oxygen atoms in total. The lowest BCUT2D eigenvalue weighted by Crippen LogP contribution is -2.21. The first-order chi connectivity index (χ1) is 7.29. The smallest absolute Gasteiger partial charge is 0.0318 e. The first-order valence-electron chi connectivity index (χ1n) is 6.60. The number of allylic oxidation sites excluding steroid dienone is 3. The van der Waals surface area contributed by atoms with E-state index in [1.807, 2.05) is 0 Å². The molecule has 0 spiro atoms. The molecule has 0 saturated heterocycles. The van der Waals surface area contributed by atoms with Crippen LogP contribution in [-0.2, 0) is 0 Å². The maximum atomic E-state index is 4.11. The van der Waals surface area contributed by atoms with E-state index < -0.39 is 0 Å². The van der Waals surface area contributed by atoms with E-state index in [4.69, 9.17) is 0 Å². The molecule has 2 aliphatic rings. The van der Waals surface area contributed by atoms with Gasteiger partial charge in [0.05, 0.1) is 0 Å². The molecule has 15 heavy (non-hydrogen) atoms. The SMILES string of the molecule is C=C1CCC(C2CCC(=CC)CC2)CC1. The van der Waals surface area contributed by atoms with Gasteiger partial charge in [-0.15, -0.1) is 0 Å². The van der Waals surface area contributed by atoms with Gasteiger partial charge in [0.2, 0.25) is 0 Å². The molecule has 0 bridgehead atoms. The Hall–Kier alpha value is -0.520. The van der Waals surface area contributed by atoms with E-state index in [1.54, 1.807) is 5.57 Å². The molecule has 0 heteroatoms. The summed E-state index contributed by atoms with van der Waals surface area (Å²) in [6.07, 6.45) is 13.4. The molecule has 0 aromatic carbocycles. The molecule has 0 radical (unpaired) electrons. The monoisotopic (exact) mass is 204 g/mol. The quantitative estimate of drug-likeness (QED) is 0.535. The molecule has 0 aromatic rings. The Labute approximate surface area is 94.5 Å². The second-order valence-corrected chi connectivity index (χ2v) is 5.37. The average Bonchev–Trinajstić information content (AvgIpc) is 2.30. The largest absolute Gasteiger partial charge is 0.0999 e. The Morgan fingerprint density at radius 1 is 0.933 bits per heavy atom. The van der Waals surface area contributed by atoms with Crippen molar-refractivity contribution in [3.63, 3.8) is 0 Å². The Bertz CT molecular complexity index is 239. The van der Waals surface area contributed by atoms with Crippen LogP contribution in [0.25, 0.3) is 0 Å². The Kier molecular flexibility index (Phi) is 3.66. The lowest BCUT2D eigenvalue weighted by molar-refractivity contribution is 0.230. The summed E-state index contributed by atoms with van der Waals surface area (Å²) in [6.45, 7) is 6.30. The van der Waals surface area contributed by atoms with Crippen molar-refractivity contribution in [1.29, 1.82) is 0 Å². The molecule has 0 atom stereocenters. The topological polar surface area (TPSA) is 0 Å². The number of rotatable bonds is 1. The normalized spacial score (nSPS) is 29.3.